The maximum absolute atomic E-state index is 5.24. The molecule has 1 aromatic rings. The zero-order chi connectivity index (χ0) is 11.3. The highest BCUT2D eigenvalue weighted by atomic mass is 79.9. The number of methoxy groups -OCH3 is 2. The van der Waals surface area contributed by atoms with Crippen molar-refractivity contribution in [2.24, 2.45) is 5.90 Å². The smallest absolute Gasteiger partial charge is 0.175 e. The van der Waals surface area contributed by atoms with Crippen molar-refractivity contribution in [1.82, 2.24) is 0 Å². The van der Waals surface area contributed by atoms with E-state index in [4.69, 9.17) is 15.4 Å². The minimum atomic E-state index is 0.466. The molecule has 0 radical (unpaired) electrons. The molecule has 0 aliphatic heterocycles. The largest absolute Gasteiger partial charge is 0.493 e. The Labute approximate surface area is 97.4 Å². The number of benzene rings is 1. The van der Waals surface area contributed by atoms with Gasteiger partial charge in [-0.3, -0.25) is 0 Å². The Morgan fingerprint density at radius 2 is 2.00 bits per heavy atom. The van der Waals surface area contributed by atoms with Gasteiger partial charge in [0.1, 0.15) is 0 Å². The van der Waals surface area contributed by atoms with E-state index in [1.807, 2.05) is 12.1 Å². The van der Waals surface area contributed by atoms with Gasteiger partial charge in [0, 0.05) is 0 Å². The number of hydrogen-bond acceptors (Lipinski definition) is 4. The Bertz CT molecular complexity index is 331. The molecule has 84 valence electrons. The average Bonchev–Trinajstić information content (AvgIpc) is 2.27. The van der Waals surface area contributed by atoms with E-state index >= 15 is 0 Å². The van der Waals surface area contributed by atoms with Gasteiger partial charge in [-0.05, 0) is 34.0 Å². The number of rotatable bonds is 5. The molecule has 1 aromatic carbocycles. The van der Waals surface area contributed by atoms with E-state index in [-0.39, 0.29) is 0 Å². The van der Waals surface area contributed by atoms with E-state index in [1.165, 1.54) is 0 Å². The minimum absolute atomic E-state index is 0.466. The molecule has 2 N–H and O–H groups in total. The predicted molar refractivity (Wildman–Crippen MR) is 61.1 cm³/mol. The summed E-state index contributed by atoms with van der Waals surface area (Å²) in [6.45, 7) is 0.466. The molecule has 1 rings (SSSR count). The lowest BCUT2D eigenvalue weighted by Gasteiger charge is -2.12. The maximum Gasteiger partial charge on any atom is 0.175 e. The second-order valence-corrected chi connectivity index (χ2v) is 3.69. The average molecular weight is 276 g/mol. The van der Waals surface area contributed by atoms with Crippen LogP contribution in [0.15, 0.2) is 16.6 Å². The standard InChI is InChI=1S/C10H14BrNO3/c1-13-8-4-3-7(5-6-15-12)9(11)10(8)14-2/h3-4H,5-6,12H2,1-2H3. The summed E-state index contributed by atoms with van der Waals surface area (Å²) in [4.78, 5) is 4.54. The molecule has 0 bridgehead atoms. The van der Waals surface area contributed by atoms with Crippen LogP contribution in [-0.4, -0.2) is 20.8 Å². The van der Waals surface area contributed by atoms with E-state index in [9.17, 15) is 0 Å². The third-order valence-corrected chi connectivity index (χ3v) is 2.92. The topological polar surface area (TPSA) is 53.7 Å². The van der Waals surface area contributed by atoms with Crippen LogP contribution in [0.4, 0.5) is 0 Å². The summed E-state index contributed by atoms with van der Waals surface area (Å²) >= 11 is 3.46. The third-order valence-electron chi connectivity index (χ3n) is 2.05. The zero-order valence-corrected chi connectivity index (χ0v) is 10.3. The van der Waals surface area contributed by atoms with Crippen LogP contribution >= 0.6 is 15.9 Å². The van der Waals surface area contributed by atoms with Gasteiger partial charge in [-0.2, -0.15) is 0 Å². The van der Waals surface area contributed by atoms with E-state index in [0.29, 0.717) is 18.1 Å². The highest BCUT2D eigenvalue weighted by Crippen LogP contribution is 2.37. The number of nitrogens with two attached hydrogens (primary N) is 1. The first-order valence-corrected chi connectivity index (χ1v) is 5.25. The molecule has 0 saturated carbocycles. The summed E-state index contributed by atoms with van der Waals surface area (Å²) in [6.07, 6.45) is 0.720. The van der Waals surface area contributed by atoms with Gasteiger partial charge in [-0.15, -0.1) is 0 Å². The summed E-state index contributed by atoms with van der Waals surface area (Å²) in [5.74, 6) is 6.36. The van der Waals surface area contributed by atoms with Gasteiger partial charge < -0.3 is 14.3 Å². The molecule has 0 aliphatic carbocycles. The second kappa shape index (κ2) is 5.95. The van der Waals surface area contributed by atoms with Gasteiger partial charge in [-0.1, -0.05) is 6.07 Å². The molecule has 0 fully saturated rings. The van der Waals surface area contributed by atoms with E-state index in [2.05, 4.69) is 20.8 Å². The van der Waals surface area contributed by atoms with Crippen LogP contribution < -0.4 is 15.4 Å². The van der Waals surface area contributed by atoms with Crippen LogP contribution in [0, 0.1) is 0 Å². The first-order valence-electron chi connectivity index (χ1n) is 4.45. The van der Waals surface area contributed by atoms with Crippen molar-refractivity contribution in [2.45, 2.75) is 6.42 Å². The first kappa shape index (κ1) is 12.3. The van der Waals surface area contributed by atoms with Crippen molar-refractivity contribution >= 4 is 15.9 Å². The number of hydrogen-bond donors (Lipinski definition) is 1. The Balaban J connectivity index is 3.00. The molecule has 0 heterocycles. The molecule has 0 amide bonds. The van der Waals surface area contributed by atoms with Crippen molar-refractivity contribution < 1.29 is 14.3 Å². The van der Waals surface area contributed by atoms with Gasteiger partial charge in [0.15, 0.2) is 11.5 Å². The van der Waals surface area contributed by atoms with Crippen molar-refractivity contribution in [2.75, 3.05) is 20.8 Å². The maximum atomic E-state index is 5.24. The molecule has 4 nitrogen and oxygen atoms in total. The SMILES string of the molecule is COc1ccc(CCON)c(Br)c1OC. The summed E-state index contributed by atoms with van der Waals surface area (Å²) in [5, 5.41) is 0. The van der Waals surface area contributed by atoms with Crippen LogP contribution in [0.2, 0.25) is 0 Å². The van der Waals surface area contributed by atoms with Gasteiger partial charge in [0.05, 0.1) is 25.3 Å². The Morgan fingerprint density at radius 3 is 2.53 bits per heavy atom. The van der Waals surface area contributed by atoms with Crippen molar-refractivity contribution in [3.63, 3.8) is 0 Å². The number of halogens is 1. The monoisotopic (exact) mass is 275 g/mol. The Kier molecular flexibility index (Phi) is 4.87. The summed E-state index contributed by atoms with van der Waals surface area (Å²) in [7, 11) is 3.21. The van der Waals surface area contributed by atoms with Crippen LogP contribution in [-0.2, 0) is 11.3 Å². The molecule has 0 unspecified atom stereocenters. The quantitative estimate of drug-likeness (QED) is 0.834. The number of ether oxygens (including phenoxy) is 2. The van der Waals surface area contributed by atoms with Gasteiger partial charge in [0.2, 0.25) is 0 Å². The van der Waals surface area contributed by atoms with Crippen LogP contribution in [0.3, 0.4) is 0 Å². The molecule has 0 aromatic heterocycles. The Morgan fingerprint density at radius 1 is 1.27 bits per heavy atom. The van der Waals surface area contributed by atoms with Crippen LogP contribution in [0.1, 0.15) is 5.56 Å². The molecule has 15 heavy (non-hydrogen) atoms. The van der Waals surface area contributed by atoms with Gasteiger partial charge in [0.25, 0.3) is 0 Å². The van der Waals surface area contributed by atoms with Gasteiger partial charge in [-0.25, -0.2) is 5.90 Å². The van der Waals surface area contributed by atoms with Gasteiger partial charge >= 0.3 is 0 Å². The molecule has 0 saturated heterocycles. The summed E-state index contributed by atoms with van der Waals surface area (Å²) in [5.41, 5.74) is 1.07. The van der Waals surface area contributed by atoms with Crippen LogP contribution in [0.25, 0.3) is 0 Å². The minimum Gasteiger partial charge on any atom is -0.493 e. The fourth-order valence-corrected chi connectivity index (χ4v) is 1.98. The van der Waals surface area contributed by atoms with E-state index in [1.54, 1.807) is 14.2 Å². The van der Waals surface area contributed by atoms with Crippen molar-refractivity contribution in [3.8, 4) is 11.5 Å². The molecule has 0 atom stereocenters. The Hall–Kier alpha value is -0.780. The van der Waals surface area contributed by atoms with Crippen molar-refractivity contribution in [1.29, 1.82) is 0 Å². The third kappa shape index (κ3) is 2.84. The summed E-state index contributed by atoms with van der Waals surface area (Å²) < 4.78 is 11.3. The fourth-order valence-electron chi connectivity index (χ4n) is 1.29. The molecule has 0 spiro atoms. The lowest BCUT2D eigenvalue weighted by Crippen LogP contribution is -2.04. The van der Waals surface area contributed by atoms with E-state index < -0.39 is 0 Å². The highest BCUT2D eigenvalue weighted by molar-refractivity contribution is 9.10. The molecule has 5 heteroatoms. The normalized spacial score (nSPS) is 10.1. The summed E-state index contributed by atoms with van der Waals surface area (Å²) in [6, 6.07) is 3.81. The highest BCUT2D eigenvalue weighted by Gasteiger charge is 2.11. The fraction of sp³-hybridized carbons (Fsp3) is 0.400. The van der Waals surface area contributed by atoms with Crippen LogP contribution in [0.5, 0.6) is 11.5 Å². The predicted octanol–water partition coefficient (Wildman–Crippen LogP) is 1.90. The van der Waals surface area contributed by atoms with E-state index in [0.717, 1.165) is 16.5 Å². The molecule has 0 aliphatic rings. The first-order chi connectivity index (χ1) is 7.24. The lowest BCUT2D eigenvalue weighted by atomic mass is 10.1. The second-order valence-electron chi connectivity index (χ2n) is 2.89. The molecular weight excluding hydrogens is 262 g/mol. The lowest BCUT2D eigenvalue weighted by molar-refractivity contribution is 0.141. The van der Waals surface area contributed by atoms with Crippen molar-refractivity contribution in [3.05, 3.63) is 22.2 Å². The molecular formula is C10H14BrNO3. The zero-order valence-electron chi connectivity index (χ0n) is 8.75.